The lowest BCUT2D eigenvalue weighted by Crippen LogP contribution is -2.26. The second kappa shape index (κ2) is 5.48. The van der Waals surface area contributed by atoms with E-state index in [0.717, 1.165) is 5.56 Å². The highest BCUT2D eigenvalue weighted by molar-refractivity contribution is 7.89. The molecular weight excluding hydrogens is 248 g/mol. The van der Waals surface area contributed by atoms with Crippen molar-refractivity contribution < 1.29 is 8.42 Å². The van der Waals surface area contributed by atoms with Gasteiger partial charge in [0.2, 0.25) is 10.0 Å². The van der Waals surface area contributed by atoms with Gasteiger partial charge in [-0.15, -0.1) is 0 Å². The van der Waals surface area contributed by atoms with E-state index in [1.54, 1.807) is 0 Å². The van der Waals surface area contributed by atoms with Gasteiger partial charge < -0.3 is 5.32 Å². The highest BCUT2D eigenvalue weighted by Gasteiger charge is 2.03. The molecule has 4 nitrogen and oxygen atoms in total. The summed E-state index contributed by atoms with van der Waals surface area (Å²) in [4.78, 5) is 0. The van der Waals surface area contributed by atoms with E-state index in [-0.39, 0.29) is 5.75 Å². The van der Waals surface area contributed by atoms with Crippen molar-refractivity contribution in [3.05, 3.63) is 48.0 Å². The minimum Gasteiger partial charge on any atom is -0.312 e. The molecule has 0 heterocycles. The number of hydrogen-bond acceptors (Lipinski definition) is 3. The van der Waals surface area contributed by atoms with E-state index in [2.05, 4.69) is 23.5 Å². The van der Waals surface area contributed by atoms with Crippen LogP contribution in [0.5, 0.6) is 0 Å². The molecule has 18 heavy (non-hydrogen) atoms. The maximum Gasteiger partial charge on any atom is 0.210 e. The summed E-state index contributed by atoms with van der Waals surface area (Å²) in [6, 6.07) is 14.2. The fraction of sp³-hybridized carbons (Fsp3) is 0.231. The third-order valence-corrected chi connectivity index (χ3v) is 3.53. The molecule has 0 fully saturated rings. The number of sulfonamides is 1. The second-order valence-corrected chi connectivity index (χ2v) is 5.92. The van der Waals surface area contributed by atoms with E-state index >= 15 is 0 Å². The third kappa shape index (κ3) is 3.53. The van der Waals surface area contributed by atoms with E-state index in [4.69, 9.17) is 5.14 Å². The van der Waals surface area contributed by atoms with Crippen molar-refractivity contribution in [3.63, 3.8) is 0 Å². The van der Waals surface area contributed by atoms with Gasteiger partial charge in [-0.2, -0.15) is 0 Å². The highest BCUT2D eigenvalue weighted by atomic mass is 32.2. The molecule has 0 aromatic heterocycles. The molecule has 0 amide bonds. The van der Waals surface area contributed by atoms with Crippen LogP contribution in [0, 0.1) is 0 Å². The first-order chi connectivity index (χ1) is 8.56. The standard InChI is InChI=1S/C13H16N2O2S/c14-18(16,17)9-8-15-10-12-6-3-5-11-4-1-2-7-13(11)12/h1-7,15H,8-10H2,(H2,14,16,17). The quantitative estimate of drug-likeness (QED) is 0.798. The average molecular weight is 264 g/mol. The predicted octanol–water partition coefficient (Wildman–Crippen LogP) is 1.22. The Labute approximate surface area is 107 Å². The van der Waals surface area contributed by atoms with E-state index < -0.39 is 10.0 Å². The number of fused-ring (bicyclic) bond motifs is 1. The molecule has 2 aromatic carbocycles. The first-order valence-corrected chi connectivity index (χ1v) is 7.46. The molecule has 5 heteroatoms. The zero-order valence-corrected chi connectivity index (χ0v) is 10.8. The Kier molecular flexibility index (Phi) is 3.96. The summed E-state index contributed by atoms with van der Waals surface area (Å²) in [5.74, 6) is -0.0439. The Morgan fingerprint density at radius 3 is 2.56 bits per heavy atom. The number of hydrogen-bond donors (Lipinski definition) is 2. The monoisotopic (exact) mass is 264 g/mol. The summed E-state index contributed by atoms with van der Waals surface area (Å²) in [5.41, 5.74) is 1.16. The Hall–Kier alpha value is -1.43. The van der Waals surface area contributed by atoms with Gasteiger partial charge >= 0.3 is 0 Å². The smallest absolute Gasteiger partial charge is 0.210 e. The molecule has 0 spiro atoms. The fourth-order valence-corrected chi connectivity index (χ4v) is 2.31. The lowest BCUT2D eigenvalue weighted by atomic mass is 10.0. The summed E-state index contributed by atoms with van der Waals surface area (Å²) < 4.78 is 21.6. The molecule has 0 radical (unpaired) electrons. The van der Waals surface area contributed by atoms with Crippen molar-refractivity contribution >= 4 is 20.8 Å². The lowest BCUT2D eigenvalue weighted by Gasteiger charge is -2.07. The molecular formula is C13H16N2O2S. The van der Waals surface area contributed by atoms with Crippen molar-refractivity contribution in [1.29, 1.82) is 0 Å². The largest absolute Gasteiger partial charge is 0.312 e. The number of benzene rings is 2. The zero-order chi connectivity index (χ0) is 13.0. The molecule has 2 aromatic rings. The van der Waals surface area contributed by atoms with Gasteiger partial charge in [0.25, 0.3) is 0 Å². The average Bonchev–Trinajstić information content (AvgIpc) is 2.33. The molecule has 0 atom stereocenters. The summed E-state index contributed by atoms with van der Waals surface area (Å²) in [5, 5.41) is 10.4. The third-order valence-electron chi connectivity index (χ3n) is 2.76. The Morgan fingerprint density at radius 1 is 1.06 bits per heavy atom. The number of rotatable bonds is 5. The molecule has 3 N–H and O–H groups in total. The van der Waals surface area contributed by atoms with Gasteiger partial charge in [0, 0.05) is 13.1 Å². The SMILES string of the molecule is NS(=O)(=O)CCNCc1cccc2ccccc12. The van der Waals surface area contributed by atoms with Crippen LogP contribution in [0.3, 0.4) is 0 Å². The van der Waals surface area contributed by atoms with Crippen LogP contribution in [0.15, 0.2) is 42.5 Å². The Balaban J connectivity index is 2.04. The summed E-state index contributed by atoms with van der Waals surface area (Å²) in [6.07, 6.45) is 0. The molecule has 0 unspecified atom stereocenters. The van der Waals surface area contributed by atoms with E-state index in [0.29, 0.717) is 13.1 Å². The van der Waals surface area contributed by atoms with Gasteiger partial charge in [0.1, 0.15) is 0 Å². The van der Waals surface area contributed by atoms with Crippen molar-refractivity contribution in [3.8, 4) is 0 Å². The van der Waals surface area contributed by atoms with Crippen LogP contribution < -0.4 is 10.5 Å². The molecule has 0 aliphatic heterocycles. The minimum absolute atomic E-state index is 0.0439. The van der Waals surface area contributed by atoms with E-state index in [9.17, 15) is 8.42 Å². The zero-order valence-electron chi connectivity index (χ0n) is 9.96. The predicted molar refractivity (Wildman–Crippen MR) is 73.6 cm³/mol. The van der Waals surface area contributed by atoms with Crippen LogP contribution in [-0.4, -0.2) is 20.7 Å². The van der Waals surface area contributed by atoms with Gasteiger partial charge in [0.15, 0.2) is 0 Å². The highest BCUT2D eigenvalue weighted by Crippen LogP contribution is 2.17. The molecule has 0 aliphatic rings. The Bertz CT molecular complexity index is 633. The van der Waals surface area contributed by atoms with Gasteiger partial charge in [0.05, 0.1) is 5.75 Å². The number of primary sulfonamides is 1. The van der Waals surface area contributed by atoms with Crippen molar-refractivity contribution in [2.75, 3.05) is 12.3 Å². The van der Waals surface area contributed by atoms with Crippen LogP contribution in [-0.2, 0) is 16.6 Å². The molecule has 96 valence electrons. The van der Waals surface area contributed by atoms with Gasteiger partial charge in [-0.1, -0.05) is 42.5 Å². The molecule has 0 saturated carbocycles. The van der Waals surface area contributed by atoms with Crippen LogP contribution in [0.25, 0.3) is 10.8 Å². The first-order valence-electron chi connectivity index (χ1n) is 5.74. The maximum atomic E-state index is 10.8. The van der Waals surface area contributed by atoms with E-state index in [1.165, 1.54) is 10.8 Å². The van der Waals surface area contributed by atoms with Crippen LogP contribution >= 0.6 is 0 Å². The lowest BCUT2D eigenvalue weighted by molar-refractivity contribution is 0.592. The summed E-state index contributed by atoms with van der Waals surface area (Å²) in [6.45, 7) is 0.999. The van der Waals surface area contributed by atoms with E-state index in [1.807, 2.05) is 24.3 Å². The normalized spacial score (nSPS) is 11.8. The fourth-order valence-electron chi connectivity index (χ4n) is 1.88. The van der Waals surface area contributed by atoms with Crippen LogP contribution in [0.1, 0.15) is 5.56 Å². The molecule has 2 rings (SSSR count). The first kappa shape index (κ1) is 13.0. The maximum absolute atomic E-state index is 10.8. The van der Waals surface area contributed by atoms with Crippen LogP contribution in [0.4, 0.5) is 0 Å². The topological polar surface area (TPSA) is 72.2 Å². The van der Waals surface area contributed by atoms with Crippen molar-refractivity contribution in [2.45, 2.75) is 6.54 Å². The Morgan fingerprint density at radius 2 is 1.78 bits per heavy atom. The molecule has 0 bridgehead atoms. The van der Waals surface area contributed by atoms with Crippen molar-refractivity contribution in [1.82, 2.24) is 5.32 Å². The van der Waals surface area contributed by atoms with Gasteiger partial charge in [-0.05, 0) is 16.3 Å². The summed E-state index contributed by atoms with van der Waals surface area (Å²) in [7, 11) is -3.38. The molecule has 0 aliphatic carbocycles. The van der Waals surface area contributed by atoms with Gasteiger partial charge in [-0.3, -0.25) is 0 Å². The number of nitrogens with two attached hydrogens (primary N) is 1. The van der Waals surface area contributed by atoms with Crippen molar-refractivity contribution in [2.24, 2.45) is 5.14 Å². The second-order valence-electron chi connectivity index (χ2n) is 4.18. The summed E-state index contributed by atoms with van der Waals surface area (Å²) >= 11 is 0. The van der Waals surface area contributed by atoms with Crippen LogP contribution in [0.2, 0.25) is 0 Å². The minimum atomic E-state index is -3.38. The van der Waals surface area contributed by atoms with Gasteiger partial charge in [-0.25, -0.2) is 13.6 Å². The number of nitrogens with one attached hydrogen (secondary N) is 1. The molecule has 0 saturated heterocycles.